The molecular weight excluding hydrogens is 367 g/mol. The molecule has 1 heterocycles. The van der Waals surface area contributed by atoms with Crippen molar-refractivity contribution in [2.45, 2.75) is 30.8 Å². The third-order valence-electron chi connectivity index (χ3n) is 4.12. The van der Waals surface area contributed by atoms with Crippen LogP contribution in [0.25, 0.3) is 0 Å². The van der Waals surface area contributed by atoms with E-state index in [1.165, 1.54) is 25.1 Å². The van der Waals surface area contributed by atoms with Crippen molar-refractivity contribution in [2.75, 3.05) is 23.0 Å². The summed E-state index contributed by atoms with van der Waals surface area (Å²) in [5.41, 5.74) is 0.912. The minimum absolute atomic E-state index is 0.0187. The van der Waals surface area contributed by atoms with Crippen molar-refractivity contribution in [3.05, 3.63) is 53.8 Å². The Morgan fingerprint density at radius 3 is 2.78 bits per heavy atom. The Balaban J connectivity index is 1.73. The summed E-state index contributed by atoms with van der Waals surface area (Å²) in [6.07, 6.45) is 2.30. The number of ether oxygens (including phenoxy) is 1. The number of benzene rings is 2. The summed E-state index contributed by atoms with van der Waals surface area (Å²) in [7, 11) is 0. The van der Waals surface area contributed by atoms with E-state index in [2.05, 4.69) is 10.6 Å². The van der Waals surface area contributed by atoms with Crippen LogP contribution in [0, 0.1) is 5.82 Å². The zero-order valence-electron chi connectivity index (χ0n) is 15.0. The van der Waals surface area contributed by atoms with Crippen LogP contribution in [0.2, 0.25) is 0 Å². The molecule has 1 unspecified atom stereocenters. The lowest BCUT2D eigenvalue weighted by Gasteiger charge is -2.13. The Labute approximate surface area is 161 Å². The average Bonchev–Trinajstić information content (AvgIpc) is 3.16. The van der Waals surface area contributed by atoms with Gasteiger partial charge in [0, 0.05) is 29.9 Å². The third-order valence-corrected chi connectivity index (χ3v) is 5.32. The van der Waals surface area contributed by atoms with Gasteiger partial charge in [0.2, 0.25) is 5.91 Å². The van der Waals surface area contributed by atoms with Crippen LogP contribution in [-0.4, -0.2) is 30.3 Å². The molecule has 0 radical (unpaired) electrons. The molecule has 0 aliphatic carbocycles. The molecule has 2 aromatic rings. The Hall–Kier alpha value is -2.38. The van der Waals surface area contributed by atoms with Gasteiger partial charge in [-0.05, 0) is 43.2 Å². The van der Waals surface area contributed by atoms with Gasteiger partial charge < -0.3 is 15.4 Å². The molecule has 2 aromatic carbocycles. The first-order valence-electron chi connectivity index (χ1n) is 8.75. The predicted octanol–water partition coefficient (Wildman–Crippen LogP) is 4.31. The molecule has 2 amide bonds. The summed E-state index contributed by atoms with van der Waals surface area (Å²) in [4.78, 5) is 24.7. The molecule has 0 saturated carbocycles. The summed E-state index contributed by atoms with van der Waals surface area (Å²) < 4.78 is 19.7. The molecule has 0 bridgehead atoms. The van der Waals surface area contributed by atoms with Gasteiger partial charge >= 0.3 is 0 Å². The quantitative estimate of drug-likeness (QED) is 0.724. The topological polar surface area (TPSA) is 67.4 Å². The van der Waals surface area contributed by atoms with Crippen LogP contribution >= 0.6 is 11.8 Å². The molecule has 5 nitrogen and oxygen atoms in total. The van der Waals surface area contributed by atoms with Crippen molar-refractivity contribution in [1.82, 2.24) is 0 Å². The van der Waals surface area contributed by atoms with Gasteiger partial charge in [-0.1, -0.05) is 12.1 Å². The smallest absolute Gasteiger partial charge is 0.256 e. The molecule has 0 spiro atoms. The maximum absolute atomic E-state index is 14.1. The highest BCUT2D eigenvalue weighted by Gasteiger charge is 2.18. The number of anilines is 2. The van der Waals surface area contributed by atoms with Gasteiger partial charge in [0.25, 0.3) is 5.91 Å². The van der Waals surface area contributed by atoms with Gasteiger partial charge in [0.1, 0.15) is 5.82 Å². The molecule has 27 heavy (non-hydrogen) atoms. The monoisotopic (exact) mass is 388 g/mol. The second-order valence-corrected chi connectivity index (χ2v) is 7.33. The van der Waals surface area contributed by atoms with Crippen LogP contribution in [0.3, 0.4) is 0 Å². The first-order chi connectivity index (χ1) is 13.0. The van der Waals surface area contributed by atoms with Crippen molar-refractivity contribution in [1.29, 1.82) is 0 Å². The summed E-state index contributed by atoms with van der Waals surface area (Å²) in [5, 5.41) is 5.17. The third kappa shape index (κ3) is 5.30. The molecule has 1 fully saturated rings. The van der Waals surface area contributed by atoms with Gasteiger partial charge in [-0.15, -0.1) is 11.8 Å². The van der Waals surface area contributed by atoms with Crippen LogP contribution < -0.4 is 10.6 Å². The minimum atomic E-state index is -0.568. The highest BCUT2D eigenvalue weighted by Crippen LogP contribution is 2.28. The van der Waals surface area contributed by atoms with Crippen molar-refractivity contribution < 1.29 is 18.7 Å². The molecule has 1 saturated heterocycles. The average molecular weight is 388 g/mol. The van der Waals surface area contributed by atoms with Gasteiger partial charge in [-0.25, -0.2) is 4.39 Å². The zero-order chi connectivity index (χ0) is 19.2. The summed E-state index contributed by atoms with van der Waals surface area (Å²) in [6.45, 7) is 2.15. The van der Waals surface area contributed by atoms with E-state index in [9.17, 15) is 14.0 Å². The number of rotatable bonds is 6. The van der Waals surface area contributed by atoms with Crippen LogP contribution in [0.5, 0.6) is 0 Å². The fourth-order valence-electron chi connectivity index (χ4n) is 2.83. The predicted molar refractivity (Wildman–Crippen MR) is 105 cm³/mol. The molecule has 2 N–H and O–H groups in total. The van der Waals surface area contributed by atoms with Crippen molar-refractivity contribution >= 4 is 35.0 Å². The molecule has 1 atom stereocenters. The fourth-order valence-corrected chi connectivity index (χ4v) is 3.95. The molecule has 142 valence electrons. The number of halogens is 1. The lowest BCUT2D eigenvalue weighted by Crippen LogP contribution is -2.15. The van der Waals surface area contributed by atoms with E-state index in [1.807, 2.05) is 12.1 Å². The first kappa shape index (κ1) is 19.4. The number of hydrogen-bond acceptors (Lipinski definition) is 4. The van der Waals surface area contributed by atoms with Crippen LogP contribution in [0.1, 0.15) is 30.1 Å². The SMILES string of the molecule is CC(=O)Nc1ccc(F)c(NC(=O)c2ccccc2SCC2CCCO2)c1. The maximum Gasteiger partial charge on any atom is 0.256 e. The van der Waals surface area contributed by atoms with Crippen LogP contribution in [-0.2, 0) is 9.53 Å². The van der Waals surface area contributed by atoms with E-state index < -0.39 is 11.7 Å². The van der Waals surface area contributed by atoms with Crippen molar-refractivity contribution in [3.8, 4) is 0 Å². The van der Waals surface area contributed by atoms with E-state index >= 15 is 0 Å². The Bertz CT molecular complexity index is 838. The molecule has 1 aliphatic rings. The number of nitrogens with one attached hydrogen (secondary N) is 2. The van der Waals surface area contributed by atoms with E-state index in [0.29, 0.717) is 11.3 Å². The molecule has 3 rings (SSSR count). The van der Waals surface area contributed by atoms with E-state index in [-0.39, 0.29) is 17.7 Å². The molecule has 1 aliphatic heterocycles. The van der Waals surface area contributed by atoms with Crippen molar-refractivity contribution in [3.63, 3.8) is 0 Å². The zero-order valence-corrected chi connectivity index (χ0v) is 15.8. The number of thioether (sulfide) groups is 1. The fraction of sp³-hybridized carbons (Fsp3) is 0.300. The van der Waals surface area contributed by atoms with Gasteiger partial charge in [0.15, 0.2) is 0 Å². The minimum Gasteiger partial charge on any atom is -0.377 e. The summed E-state index contributed by atoms with van der Waals surface area (Å²) >= 11 is 1.56. The Morgan fingerprint density at radius 1 is 1.22 bits per heavy atom. The van der Waals surface area contributed by atoms with Crippen LogP contribution in [0.4, 0.5) is 15.8 Å². The summed E-state index contributed by atoms with van der Waals surface area (Å²) in [5.74, 6) is -0.461. The number of amides is 2. The molecule has 0 aromatic heterocycles. The highest BCUT2D eigenvalue weighted by atomic mass is 32.2. The molecule has 7 heteroatoms. The normalized spacial score (nSPS) is 16.1. The largest absolute Gasteiger partial charge is 0.377 e. The summed E-state index contributed by atoms with van der Waals surface area (Å²) in [6, 6.07) is 11.3. The Morgan fingerprint density at radius 2 is 2.04 bits per heavy atom. The Kier molecular flexibility index (Phi) is 6.47. The second-order valence-electron chi connectivity index (χ2n) is 6.27. The number of carbonyl (C=O) groups is 2. The second kappa shape index (κ2) is 9.01. The van der Waals surface area contributed by atoms with Crippen LogP contribution in [0.15, 0.2) is 47.4 Å². The van der Waals surface area contributed by atoms with E-state index in [0.717, 1.165) is 30.1 Å². The van der Waals surface area contributed by atoms with Gasteiger partial charge in [0.05, 0.1) is 17.4 Å². The molecular formula is C20H21FN2O3S. The maximum atomic E-state index is 14.1. The van der Waals surface area contributed by atoms with Gasteiger partial charge in [-0.3, -0.25) is 9.59 Å². The number of hydrogen-bond donors (Lipinski definition) is 2. The van der Waals surface area contributed by atoms with Crippen molar-refractivity contribution in [2.24, 2.45) is 0 Å². The van der Waals surface area contributed by atoms with E-state index in [4.69, 9.17) is 4.74 Å². The van der Waals surface area contributed by atoms with E-state index in [1.54, 1.807) is 23.9 Å². The standard InChI is InChI=1S/C20H21FN2O3S/c1-13(24)22-14-8-9-17(21)18(11-14)23-20(25)16-6-2-3-7-19(16)27-12-15-5-4-10-26-15/h2-3,6-9,11,15H,4-5,10,12H2,1H3,(H,22,24)(H,23,25). The first-order valence-corrected chi connectivity index (χ1v) is 9.73. The van der Waals surface area contributed by atoms with Gasteiger partial charge in [-0.2, -0.15) is 0 Å². The lowest BCUT2D eigenvalue weighted by atomic mass is 10.2. The highest BCUT2D eigenvalue weighted by molar-refractivity contribution is 7.99. The lowest BCUT2D eigenvalue weighted by molar-refractivity contribution is -0.114. The number of carbonyl (C=O) groups excluding carboxylic acids is 2.